The molecule has 19 heavy (non-hydrogen) atoms. The Labute approximate surface area is 114 Å². The molecule has 1 aliphatic rings. The highest BCUT2D eigenvalue weighted by molar-refractivity contribution is 5.28. The summed E-state index contributed by atoms with van der Waals surface area (Å²) >= 11 is 0. The smallest absolute Gasteiger partial charge is 0.122 e. The molecule has 0 atom stereocenters. The maximum Gasteiger partial charge on any atom is 0.122 e. The minimum Gasteiger partial charge on any atom is -0.468 e. The Morgan fingerprint density at radius 1 is 1.05 bits per heavy atom. The molecule has 100 valence electrons. The van der Waals surface area contributed by atoms with E-state index in [1.54, 1.807) is 6.26 Å². The van der Waals surface area contributed by atoms with Gasteiger partial charge in [0.25, 0.3) is 0 Å². The Bertz CT molecular complexity index is 520. The predicted octanol–water partition coefficient (Wildman–Crippen LogP) is 2.34. The van der Waals surface area contributed by atoms with Crippen molar-refractivity contribution in [3.63, 3.8) is 0 Å². The van der Waals surface area contributed by atoms with Crippen LogP contribution in [0.4, 0.5) is 0 Å². The Morgan fingerprint density at radius 3 is 2.37 bits per heavy atom. The molecule has 0 spiro atoms. The van der Waals surface area contributed by atoms with Gasteiger partial charge in [-0.3, -0.25) is 4.90 Å². The zero-order valence-electron chi connectivity index (χ0n) is 11.1. The second-order valence-electron chi connectivity index (χ2n) is 5.12. The van der Waals surface area contributed by atoms with Crippen LogP contribution < -0.4 is 5.73 Å². The highest BCUT2D eigenvalue weighted by Gasteiger charge is 2.16. The number of rotatable bonds is 3. The third-order valence-electron chi connectivity index (χ3n) is 3.94. The van der Waals surface area contributed by atoms with E-state index in [2.05, 4.69) is 29.2 Å². The summed E-state index contributed by atoms with van der Waals surface area (Å²) in [6.45, 7) is 3.59. The minimum absolute atomic E-state index is 0.555. The summed E-state index contributed by atoms with van der Waals surface area (Å²) in [5.41, 5.74) is 9.83. The van der Waals surface area contributed by atoms with Gasteiger partial charge in [0.05, 0.1) is 12.8 Å². The minimum atomic E-state index is 0.555. The van der Waals surface area contributed by atoms with Gasteiger partial charge in [0.2, 0.25) is 0 Å². The fourth-order valence-corrected chi connectivity index (χ4v) is 2.76. The molecule has 0 radical (unpaired) electrons. The average molecular weight is 256 g/mol. The maximum absolute atomic E-state index is 5.72. The van der Waals surface area contributed by atoms with Crippen LogP contribution in [0.2, 0.25) is 0 Å². The lowest BCUT2D eigenvalue weighted by atomic mass is 10.0. The monoisotopic (exact) mass is 256 g/mol. The second kappa shape index (κ2) is 5.59. The van der Waals surface area contributed by atoms with Crippen molar-refractivity contribution in [3.8, 4) is 0 Å². The summed E-state index contributed by atoms with van der Waals surface area (Å²) < 4.78 is 5.55. The quantitative estimate of drug-likeness (QED) is 0.916. The summed E-state index contributed by atoms with van der Waals surface area (Å²) in [4.78, 5) is 2.46. The van der Waals surface area contributed by atoms with Crippen LogP contribution in [0, 0.1) is 0 Å². The van der Waals surface area contributed by atoms with Crippen LogP contribution in [-0.4, -0.2) is 18.0 Å². The van der Waals surface area contributed by atoms with Gasteiger partial charge in [-0.25, -0.2) is 0 Å². The lowest BCUT2D eigenvalue weighted by Gasteiger charge is -2.18. The molecule has 3 nitrogen and oxygen atoms in total. The second-order valence-corrected chi connectivity index (χ2v) is 5.12. The average Bonchev–Trinajstić information content (AvgIpc) is 2.79. The van der Waals surface area contributed by atoms with E-state index in [1.807, 2.05) is 6.07 Å². The lowest BCUT2D eigenvalue weighted by Crippen LogP contribution is -2.26. The Kier molecular flexibility index (Phi) is 3.67. The fourth-order valence-electron chi connectivity index (χ4n) is 2.76. The van der Waals surface area contributed by atoms with Crippen LogP contribution in [0.1, 0.15) is 22.5 Å². The van der Waals surface area contributed by atoms with E-state index < -0.39 is 0 Å². The third-order valence-corrected chi connectivity index (χ3v) is 3.94. The van der Waals surface area contributed by atoms with Gasteiger partial charge in [-0.2, -0.15) is 0 Å². The molecular weight excluding hydrogens is 236 g/mol. The number of nitrogens with zero attached hydrogens (tertiary/aromatic N) is 1. The normalized spacial score (nSPS) is 16.1. The molecular formula is C16H20N2O. The van der Waals surface area contributed by atoms with Crippen LogP contribution in [-0.2, 0) is 25.9 Å². The lowest BCUT2D eigenvalue weighted by molar-refractivity contribution is 0.254. The highest BCUT2D eigenvalue weighted by Crippen LogP contribution is 2.18. The molecule has 0 fully saturated rings. The Balaban J connectivity index is 1.69. The standard InChI is InChI=1S/C16H20N2O/c17-11-15-7-10-19-16(15)12-18-8-5-13-3-1-2-4-14(13)6-9-18/h1-4,7,10H,5-6,8-9,11-12,17H2. The molecule has 2 N–H and O–H groups in total. The molecule has 3 heteroatoms. The van der Waals surface area contributed by atoms with Gasteiger partial charge in [0.1, 0.15) is 5.76 Å². The number of benzene rings is 1. The zero-order chi connectivity index (χ0) is 13.1. The Hall–Kier alpha value is -1.58. The van der Waals surface area contributed by atoms with Crippen molar-refractivity contribution in [1.82, 2.24) is 4.90 Å². The summed E-state index contributed by atoms with van der Waals surface area (Å²) in [5, 5.41) is 0. The van der Waals surface area contributed by atoms with Crippen LogP contribution in [0.3, 0.4) is 0 Å². The van der Waals surface area contributed by atoms with Crippen LogP contribution in [0.25, 0.3) is 0 Å². The van der Waals surface area contributed by atoms with Gasteiger partial charge in [-0.15, -0.1) is 0 Å². The highest BCUT2D eigenvalue weighted by atomic mass is 16.3. The van der Waals surface area contributed by atoms with Crippen LogP contribution in [0.5, 0.6) is 0 Å². The third kappa shape index (κ3) is 2.72. The van der Waals surface area contributed by atoms with Crippen molar-refractivity contribution >= 4 is 0 Å². The Morgan fingerprint density at radius 2 is 1.74 bits per heavy atom. The van der Waals surface area contributed by atoms with E-state index >= 15 is 0 Å². The molecule has 0 bridgehead atoms. The molecule has 2 aromatic rings. The van der Waals surface area contributed by atoms with E-state index in [4.69, 9.17) is 10.2 Å². The van der Waals surface area contributed by atoms with Crippen LogP contribution in [0.15, 0.2) is 41.0 Å². The molecule has 0 saturated heterocycles. The molecule has 1 aromatic heterocycles. The first-order valence-corrected chi connectivity index (χ1v) is 6.91. The largest absolute Gasteiger partial charge is 0.468 e. The number of hydrogen-bond acceptors (Lipinski definition) is 3. The fraction of sp³-hybridized carbons (Fsp3) is 0.375. The SMILES string of the molecule is NCc1ccoc1CN1CCc2ccccc2CC1. The van der Waals surface area contributed by atoms with Gasteiger partial charge in [-0.1, -0.05) is 24.3 Å². The zero-order valence-corrected chi connectivity index (χ0v) is 11.1. The molecule has 0 saturated carbocycles. The van der Waals surface area contributed by atoms with Crippen molar-refractivity contribution in [3.05, 3.63) is 59.0 Å². The molecule has 0 amide bonds. The van der Waals surface area contributed by atoms with E-state index in [9.17, 15) is 0 Å². The van der Waals surface area contributed by atoms with Crippen molar-refractivity contribution < 1.29 is 4.42 Å². The van der Waals surface area contributed by atoms with Gasteiger partial charge in [0.15, 0.2) is 0 Å². The summed E-state index contributed by atoms with van der Waals surface area (Å²) in [6, 6.07) is 10.7. The maximum atomic E-state index is 5.72. The first-order chi connectivity index (χ1) is 9.36. The van der Waals surface area contributed by atoms with Crippen molar-refractivity contribution in [2.24, 2.45) is 5.73 Å². The van der Waals surface area contributed by atoms with E-state index in [0.29, 0.717) is 6.54 Å². The van der Waals surface area contributed by atoms with Gasteiger partial charge in [-0.05, 0) is 30.0 Å². The molecule has 2 heterocycles. The van der Waals surface area contributed by atoms with E-state index in [1.165, 1.54) is 11.1 Å². The number of fused-ring (bicyclic) bond motifs is 1. The molecule has 1 aromatic carbocycles. The van der Waals surface area contributed by atoms with E-state index in [-0.39, 0.29) is 0 Å². The first-order valence-electron chi connectivity index (χ1n) is 6.91. The summed E-state index contributed by atoms with van der Waals surface area (Å²) in [7, 11) is 0. The topological polar surface area (TPSA) is 42.4 Å². The predicted molar refractivity (Wildman–Crippen MR) is 75.7 cm³/mol. The van der Waals surface area contributed by atoms with E-state index in [0.717, 1.165) is 43.8 Å². The molecule has 0 aliphatic carbocycles. The molecule has 0 unspecified atom stereocenters. The van der Waals surface area contributed by atoms with Crippen molar-refractivity contribution in [2.75, 3.05) is 13.1 Å². The molecule has 3 rings (SSSR count). The summed E-state index contributed by atoms with van der Waals surface area (Å²) in [6.07, 6.45) is 3.98. The number of nitrogens with two attached hydrogens (primary N) is 1. The van der Waals surface area contributed by atoms with Crippen molar-refractivity contribution in [2.45, 2.75) is 25.9 Å². The van der Waals surface area contributed by atoms with Gasteiger partial charge in [0, 0.05) is 25.2 Å². The van der Waals surface area contributed by atoms with Crippen molar-refractivity contribution in [1.29, 1.82) is 0 Å². The van der Waals surface area contributed by atoms with Gasteiger partial charge >= 0.3 is 0 Å². The van der Waals surface area contributed by atoms with Gasteiger partial charge < -0.3 is 10.2 Å². The number of furan rings is 1. The number of hydrogen-bond donors (Lipinski definition) is 1. The first kappa shape index (κ1) is 12.5. The summed E-state index contributed by atoms with van der Waals surface area (Å²) in [5.74, 6) is 1.02. The molecule has 1 aliphatic heterocycles. The van der Waals surface area contributed by atoms with Crippen LogP contribution >= 0.6 is 0 Å².